The number of likely N-dealkylation sites (N-methyl/N-ethyl adjacent to an activating group) is 1. The van der Waals surface area contributed by atoms with Crippen molar-refractivity contribution in [2.75, 3.05) is 7.05 Å². The van der Waals surface area contributed by atoms with Crippen molar-refractivity contribution < 1.29 is 8.81 Å². The topological polar surface area (TPSA) is 25.2 Å². The Bertz CT molecular complexity index is 580. The largest absolute Gasteiger partial charge is 0.466 e. The van der Waals surface area contributed by atoms with Gasteiger partial charge >= 0.3 is 0 Å². The van der Waals surface area contributed by atoms with Gasteiger partial charge in [-0.2, -0.15) is 0 Å². The lowest BCUT2D eigenvalue weighted by atomic mass is 9.99. The van der Waals surface area contributed by atoms with Gasteiger partial charge in [-0.15, -0.1) is 0 Å². The second-order valence-electron chi connectivity index (χ2n) is 4.63. The van der Waals surface area contributed by atoms with E-state index < -0.39 is 0 Å². The second kappa shape index (κ2) is 5.88. The summed E-state index contributed by atoms with van der Waals surface area (Å²) in [6.45, 7) is 3.88. The van der Waals surface area contributed by atoms with Crippen LogP contribution in [0, 0.1) is 19.7 Å². The van der Waals surface area contributed by atoms with E-state index in [4.69, 9.17) is 4.42 Å². The van der Waals surface area contributed by atoms with E-state index in [1.165, 1.54) is 6.07 Å². The number of hydrogen-bond donors (Lipinski definition) is 1. The Balaban J connectivity index is 2.29. The lowest BCUT2D eigenvalue weighted by Crippen LogP contribution is -2.19. The predicted molar refractivity (Wildman–Crippen MR) is 77.8 cm³/mol. The highest BCUT2D eigenvalue weighted by atomic mass is 79.9. The Labute approximate surface area is 121 Å². The predicted octanol–water partition coefficient (Wildman–Crippen LogP) is 4.30. The molecule has 0 saturated carbocycles. The van der Waals surface area contributed by atoms with Gasteiger partial charge < -0.3 is 9.73 Å². The lowest BCUT2D eigenvalue weighted by molar-refractivity contribution is 0.490. The van der Waals surface area contributed by atoms with Gasteiger partial charge in [0, 0.05) is 11.6 Å². The fraction of sp³-hybridized carbons (Fsp3) is 0.333. The molecule has 2 rings (SSSR count). The standard InChI is InChI=1S/C15H17BrFNO/c1-9-7-12(10(2)19-9)14(18-3)8-11-5-4-6-13(17)15(11)16/h4-7,14,18H,8H2,1-3H3. The molecule has 2 nitrogen and oxygen atoms in total. The Morgan fingerprint density at radius 1 is 1.37 bits per heavy atom. The van der Waals surface area contributed by atoms with E-state index >= 15 is 0 Å². The SMILES string of the molecule is CNC(Cc1cccc(F)c1Br)c1cc(C)oc1C. The van der Waals surface area contributed by atoms with E-state index in [2.05, 4.69) is 21.2 Å². The number of benzene rings is 1. The molecule has 1 heterocycles. The molecule has 1 aromatic heterocycles. The first-order valence-electron chi connectivity index (χ1n) is 6.20. The Morgan fingerprint density at radius 3 is 2.68 bits per heavy atom. The summed E-state index contributed by atoms with van der Waals surface area (Å²) in [5.74, 6) is 1.57. The number of halogens is 2. The van der Waals surface area contributed by atoms with Crippen LogP contribution in [0.15, 0.2) is 33.2 Å². The zero-order chi connectivity index (χ0) is 14.0. The van der Waals surface area contributed by atoms with Gasteiger partial charge in [-0.05, 0) is 60.9 Å². The number of hydrogen-bond acceptors (Lipinski definition) is 2. The first-order chi connectivity index (χ1) is 9.02. The third-order valence-corrected chi connectivity index (χ3v) is 4.15. The molecule has 1 N–H and O–H groups in total. The molecular formula is C15H17BrFNO. The van der Waals surface area contributed by atoms with Crippen molar-refractivity contribution in [2.45, 2.75) is 26.3 Å². The van der Waals surface area contributed by atoms with E-state index in [9.17, 15) is 4.39 Å². The lowest BCUT2D eigenvalue weighted by Gasteiger charge is -2.16. The fourth-order valence-corrected chi connectivity index (χ4v) is 2.72. The van der Waals surface area contributed by atoms with Crippen molar-refractivity contribution in [3.8, 4) is 0 Å². The van der Waals surface area contributed by atoms with E-state index in [1.807, 2.05) is 33.0 Å². The molecule has 0 radical (unpaired) electrons. The third-order valence-electron chi connectivity index (χ3n) is 3.26. The minimum absolute atomic E-state index is 0.107. The van der Waals surface area contributed by atoms with Crippen molar-refractivity contribution in [3.05, 3.63) is 57.2 Å². The normalized spacial score (nSPS) is 12.7. The number of nitrogens with one attached hydrogen (secondary N) is 1. The van der Waals surface area contributed by atoms with Gasteiger partial charge in [-0.1, -0.05) is 12.1 Å². The van der Waals surface area contributed by atoms with Crippen molar-refractivity contribution in [3.63, 3.8) is 0 Å². The molecule has 1 atom stereocenters. The van der Waals surface area contributed by atoms with Gasteiger partial charge in [0.05, 0.1) is 4.47 Å². The summed E-state index contributed by atoms with van der Waals surface area (Å²) >= 11 is 3.31. The molecule has 0 fully saturated rings. The van der Waals surface area contributed by atoms with Crippen LogP contribution >= 0.6 is 15.9 Å². The zero-order valence-corrected chi connectivity index (χ0v) is 12.8. The third kappa shape index (κ3) is 3.07. The van der Waals surface area contributed by atoms with Crippen LogP contribution in [0.2, 0.25) is 0 Å². The van der Waals surface area contributed by atoms with Gasteiger partial charge in [0.2, 0.25) is 0 Å². The van der Waals surface area contributed by atoms with Gasteiger partial charge in [-0.25, -0.2) is 4.39 Å². The fourth-order valence-electron chi connectivity index (χ4n) is 2.29. The molecule has 4 heteroatoms. The van der Waals surface area contributed by atoms with Crippen LogP contribution in [0.5, 0.6) is 0 Å². The van der Waals surface area contributed by atoms with Crippen molar-refractivity contribution in [1.29, 1.82) is 0 Å². The first kappa shape index (κ1) is 14.3. The quantitative estimate of drug-likeness (QED) is 0.906. The summed E-state index contributed by atoms with van der Waals surface area (Å²) in [6, 6.07) is 7.25. The minimum atomic E-state index is -0.229. The van der Waals surface area contributed by atoms with Crippen LogP contribution in [0.1, 0.15) is 28.7 Å². The molecule has 0 spiro atoms. The first-order valence-corrected chi connectivity index (χ1v) is 6.99. The van der Waals surface area contributed by atoms with E-state index in [0.717, 1.165) is 22.6 Å². The highest BCUT2D eigenvalue weighted by Crippen LogP contribution is 2.28. The van der Waals surface area contributed by atoms with E-state index in [1.54, 1.807) is 6.07 Å². The Morgan fingerprint density at radius 2 is 2.11 bits per heavy atom. The highest BCUT2D eigenvalue weighted by molar-refractivity contribution is 9.10. The molecule has 0 aliphatic rings. The van der Waals surface area contributed by atoms with E-state index in [0.29, 0.717) is 10.9 Å². The molecule has 2 aromatic rings. The maximum absolute atomic E-state index is 13.5. The molecular weight excluding hydrogens is 309 g/mol. The molecule has 0 aliphatic heterocycles. The Kier molecular flexibility index (Phi) is 4.42. The average Bonchev–Trinajstić information content (AvgIpc) is 2.70. The molecule has 1 unspecified atom stereocenters. The summed E-state index contributed by atoms with van der Waals surface area (Å²) < 4.78 is 19.6. The van der Waals surface area contributed by atoms with Crippen LogP contribution < -0.4 is 5.32 Å². The van der Waals surface area contributed by atoms with Gasteiger partial charge in [0.15, 0.2) is 0 Å². The van der Waals surface area contributed by atoms with Crippen molar-refractivity contribution in [2.24, 2.45) is 0 Å². The maximum Gasteiger partial charge on any atom is 0.137 e. The summed E-state index contributed by atoms with van der Waals surface area (Å²) in [4.78, 5) is 0. The van der Waals surface area contributed by atoms with Gasteiger partial charge in [0.1, 0.15) is 17.3 Å². The summed E-state index contributed by atoms with van der Waals surface area (Å²) in [5, 5.41) is 3.26. The van der Waals surface area contributed by atoms with Gasteiger partial charge in [0.25, 0.3) is 0 Å². The van der Waals surface area contributed by atoms with Crippen molar-refractivity contribution in [1.82, 2.24) is 5.32 Å². The average molecular weight is 326 g/mol. The molecule has 0 saturated heterocycles. The minimum Gasteiger partial charge on any atom is -0.466 e. The molecule has 19 heavy (non-hydrogen) atoms. The monoisotopic (exact) mass is 325 g/mol. The molecule has 0 amide bonds. The summed E-state index contributed by atoms with van der Waals surface area (Å²) in [5.41, 5.74) is 2.06. The maximum atomic E-state index is 13.5. The molecule has 0 aliphatic carbocycles. The van der Waals surface area contributed by atoms with Crippen LogP contribution in [0.3, 0.4) is 0 Å². The smallest absolute Gasteiger partial charge is 0.137 e. The molecule has 1 aromatic carbocycles. The van der Waals surface area contributed by atoms with Crippen LogP contribution in [-0.2, 0) is 6.42 Å². The van der Waals surface area contributed by atoms with Crippen molar-refractivity contribution >= 4 is 15.9 Å². The zero-order valence-electron chi connectivity index (χ0n) is 11.3. The highest BCUT2D eigenvalue weighted by Gasteiger charge is 2.18. The molecule has 102 valence electrons. The second-order valence-corrected chi connectivity index (χ2v) is 5.42. The van der Waals surface area contributed by atoms with Gasteiger partial charge in [-0.3, -0.25) is 0 Å². The Hall–Kier alpha value is -1.13. The van der Waals surface area contributed by atoms with Crippen LogP contribution in [0.4, 0.5) is 4.39 Å². The van der Waals surface area contributed by atoms with Crippen LogP contribution in [-0.4, -0.2) is 7.05 Å². The van der Waals surface area contributed by atoms with Crippen LogP contribution in [0.25, 0.3) is 0 Å². The number of furan rings is 1. The molecule has 0 bridgehead atoms. The van der Waals surface area contributed by atoms with E-state index in [-0.39, 0.29) is 11.9 Å². The number of aryl methyl sites for hydroxylation is 2. The summed E-state index contributed by atoms with van der Waals surface area (Å²) in [7, 11) is 1.90. The number of rotatable bonds is 4. The summed E-state index contributed by atoms with van der Waals surface area (Å²) in [6.07, 6.45) is 0.703.